The highest BCUT2D eigenvalue weighted by Crippen LogP contribution is 2.27. The van der Waals surface area contributed by atoms with Crippen molar-refractivity contribution in [2.24, 2.45) is 0 Å². The van der Waals surface area contributed by atoms with Gasteiger partial charge in [-0.3, -0.25) is 9.59 Å². The Balaban J connectivity index is 1.85. The van der Waals surface area contributed by atoms with Crippen LogP contribution in [0.3, 0.4) is 0 Å². The van der Waals surface area contributed by atoms with Crippen molar-refractivity contribution in [2.75, 3.05) is 39.2 Å². The molecule has 3 rings (SSSR count). The van der Waals surface area contributed by atoms with Gasteiger partial charge < -0.3 is 19.7 Å². The van der Waals surface area contributed by atoms with E-state index in [-0.39, 0.29) is 30.3 Å². The van der Waals surface area contributed by atoms with Gasteiger partial charge in [-0.25, -0.2) is 4.68 Å². The fraction of sp³-hybridized carbons (Fsp3) is 0.346. The standard InChI is InChI=1S/C26H31ClN4O4/c1-26(2,3)22-16-23(31(29-22)20-10-12-21(35-5)13-11-20)28-24(32)17-30(14-15-34-4)25(33)18-6-8-19(27)9-7-18/h6-13,16H,14-15,17H2,1-5H3,(H,28,32). The number of ether oxygens (including phenoxy) is 2. The minimum atomic E-state index is -0.349. The fourth-order valence-corrected chi connectivity index (χ4v) is 3.47. The molecule has 0 bridgehead atoms. The number of nitrogens with zero attached hydrogens (tertiary/aromatic N) is 3. The highest BCUT2D eigenvalue weighted by molar-refractivity contribution is 6.30. The highest BCUT2D eigenvalue weighted by Gasteiger charge is 2.23. The summed E-state index contributed by atoms with van der Waals surface area (Å²) < 4.78 is 12.1. The van der Waals surface area contributed by atoms with Gasteiger partial charge in [0, 0.05) is 35.7 Å². The molecule has 2 amide bonds. The number of halogens is 1. The molecule has 35 heavy (non-hydrogen) atoms. The van der Waals surface area contributed by atoms with E-state index in [1.807, 2.05) is 30.3 Å². The minimum absolute atomic E-state index is 0.149. The summed E-state index contributed by atoms with van der Waals surface area (Å²) in [5.41, 5.74) is 1.80. The summed E-state index contributed by atoms with van der Waals surface area (Å²) in [6.45, 7) is 6.56. The molecule has 0 aliphatic carbocycles. The molecule has 9 heteroatoms. The van der Waals surface area contributed by atoms with Crippen molar-refractivity contribution in [1.82, 2.24) is 14.7 Å². The van der Waals surface area contributed by atoms with Gasteiger partial charge >= 0.3 is 0 Å². The van der Waals surface area contributed by atoms with Gasteiger partial charge in [-0.1, -0.05) is 32.4 Å². The Morgan fingerprint density at radius 3 is 2.29 bits per heavy atom. The topological polar surface area (TPSA) is 85.7 Å². The van der Waals surface area contributed by atoms with Crippen molar-refractivity contribution < 1.29 is 19.1 Å². The Hall–Kier alpha value is -3.36. The Kier molecular flexibility index (Phi) is 8.53. The van der Waals surface area contributed by atoms with Crippen LogP contribution < -0.4 is 10.1 Å². The molecule has 0 saturated carbocycles. The predicted octanol–water partition coefficient (Wildman–Crippen LogP) is 4.56. The molecular weight excluding hydrogens is 468 g/mol. The maximum atomic E-state index is 13.1. The van der Waals surface area contributed by atoms with Gasteiger partial charge in [-0.05, 0) is 48.5 Å². The van der Waals surface area contributed by atoms with Gasteiger partial charge in [-0.15, -0.1) is 0 Å². The first-order valence-electron chi connectivity index (χ1n) is 11.2. The Morgan fingerprint density at radius 1 is 1.06 bits per heavy atom. The molecule has 0 aliphatic rings. The molecule has 186 valence electrons. The lowest BCUT2D eigenvalue weighted by Gasteiger charge is -2.22. The average molecular weight is 499 g/mol. The molecule has 3 aromatic rings. The first kappa shape index (κ1) is 26.2. The van der Waals surface area contributed by atoms with E-state index in [1.54, 1.807) is 43.2 Å². The number of nitrogens with one attached hydrogen (secondary N) is 1. The van der Waals surface area contributed by atoms with E-state index in [0.717, 1.165) is 17.1 Å². The number of carbonyl (C=O) groups is 2. The lowest BCUT2D eigenvalue weighted by molar-refractivity contribution is -0.117. The Bertz CT molecular complexity index is 1150. The number of amides is 2. The molecule has 0 fully saturated rings. The maximum Gasteiger partial charge on any atom is 0.254 e. The summed E-state index contributed by atoms with van der Waals surface area (Å²) in [6, 6.07) is 15.8. The van der Waals surface area contributed by atoms with Crippen LogP contribution in [-0.2, 0) is 14.9 Å². The van der Waals surface area contributed by atoms with Crippen molar-refractivity contribution in [2.45, 2.75) is 26.2 Å². The van der Waals surface area contributed by atoms with Crippen molar-refractivity contribution in [3.8, 4) is 11.4 Å². The molecule has 0 saturated heterocycles. The summed E-state index contributed by atoms with van der Waals surface area (Å²) in [4.78, 5) is 27.6. The molecule has 2 aromatic carbocycles. The van der Waals surface area contributed by atoms with Crippen LogP contribution in [0.25, 0.3) is 5.69 Å². The first-order valence-corrected chi connectivity index (χ1v) is 11.6. The van der Waals surface area contributed by atoms with Crippen LogP contribution in [0, 0.1) is 0 Å². The van der Waals surface area contributed by atoms with Crippen LogP contribution in [0.4, 0.5) is 5.82 Å². The van der Waals surface area contributed by atoms with E-state index in [4.69, 9.17) is 26.2 Å². The quantitative estimate of drug-likeness (QED) is 0.467. The van der Waals surface area contributed by atoms with E-state index in [0.29, 0.717) is 23.0 Å². The molecule has 1 aromatic heterocycles. The molecule has 1 N–H and O–H groups in total. The average Bonchev–Trinajstić information content (AvgIpc) is 3.26. The van der Waals surface area contributed by atoms with Crippen LogP contribution >= 0.6 is 11.6 Å². The molecule has 0 unspecified atom stereocenters. The third-order valence-electron chi connectivity index (χ3n) is 5.34. The van der Waals surface area contributed by atoms with Gasteiger partial charge in [0.25, 0.3) is 5.91 Å². The second-order valence-corrected chi connectivity index (χ2v) is 9.49. The van der Waals surface area contributed by atoms with Crippen LogP contribution in [0.1, 0.15) is 36.8 Å². The molecule has 0 radical (unpaired) electrons. The van der Waals surface area contributed by atoms with Gasteiger partial charge in [0.05, 0.1) is 25.1 Å². The monoisotopic (exact) mass is 498 g/mol. The SMILES string of the molecule is COCCN(CC(=O)Nc1cc(C(C)(C)C)nn1-c1ccc(OC)cc1)C(=O)c1ccc(Cl)cc1. The molecule has 1 heterocycles. The van der Waals surface area contributed by atoms with Gasteiger partial charge in [-0.2, -0.15) is 5.10 Å². The second kappa shape index (κ2) is 11.4. The third-order valence-corrected chi connectivity index (χ3v) is 5.59. The zero-order valence-corrected chi connectivity index (χ0v) is 21.4. The zero-order valence-electron chi connectivity index (χ0n) is 20.7. The van der Waals surface area contributed by atoms with E-state index in [2.05, 4.69) is 26.1 Å². The fourth-order valence-electron chi connectivity index (χ4n) is 3.34. The van der Waals surface area contributed by atoms with E-state index in [1.165, 1.54) is 4.90 Å². The first-order chi connectivity index (χ1) is 16.6. The normalized spacial score (nSPS) is 11.3. The number of aromatic nitrogens is 2. The van der Waals surface area contributed by atoms with Crippen LogP contribution in [0.5, 0.6) is 5.75 Å². The predicted molar refractivity (Wildman–Crippen MR) is 137 cm³/mol. The second-order valence-electron chi connectivity index (χ2n) is 9.05. The molecule has 8 nitrogen and oxygen atoms in total. The number of carbonyl (C=O) groups excluding carboxylic acids is 2. The van der Waals surface area contributed by atoms with E-state index < -0.39 is 0 Å². The maximum absolute atomic E-state index is 13.1. The minimum Gasteiger partial charge on any atom is -0.497 e. The summed E-state index contributed by atoms with van der Waals surface area (Å²) in [7, 11) is 3.15. The van der Waals surface area contributed by atoms with Crippen LogP contribution in [-0.4, -0.2) is 60.4 Å². The van der Waals surface area contributed by atoms with Crippen molar-refractivity contribution in [1.29, 1.82) is 0 Å². The lowest BCUT2D eigenvalue weighted by atomic mass is 9.92. The molecule has 0 spiro atoms. The molecule has 0 aliphatic heterocycles. The van der Waals surface area contributed by atoms with Crippen LogP contribution in [0.2, 0.25) is 5.02 Å². The summed E-state index contributed by atoms with van der Waals surface area (Å²) in [5.74, 6) is 0.596. The smallest absolute Gasteiger partial charge is 0.254 e. The number of benzene rings is 2. The summed E-state index contributed by atoms with van der Waals surface area (Å²) >= 11 is 5.95. The van der Waals surface area contributed by atoms with Gasteiger partial charge in [0.15, 0.2) is 0 Å². The Morgan fingerprint density at radius 2 is 1.71 bits per heavy atom. The Labute approximate surface area is 210 Å². The number of rotatable bonds is 9. The van der Waals surface area contributed by atoms with Crippen molar-refractivity contribution in [3.05, 3.63) is 70.9 Å². The summed E-state index contributed by atoms with van der Waals surface area (Å²) in [5, 5.41) is 8.19. The largest absolute Gasteiger partial charge is 0.497 e. The number of hydrogen-bond donors (Lipinski definition) is 1. The van der Waals surface area contributed by atoms with Gasteiger partial charge in [0.2, 0.25) is 5.91 Å². The number of anilines is 1. The number of methoxy groups -OCH3 is 2. The van der Waals surface area contributed by atoms with E-state index >= 15 is 0 Å². The number of hydrogen-bond acceptors (Lipinski definition) is 5. The van der Waals surface area contributed by atoms with E-state index in [9.17, 15) is 9.59 Å². The third kappa shape index (κ3) is 6.83. The van der Waals surface area contributed by atoms with Crippen LogP contribution in [0.15, 0.2) is 54.6 Å². The molecular formula is C26H31ClN4O4. The van der Waals surface area contributed by atoms with Gasteiger partial charge in [0.1, 0.15) is 18.1 Å². The highest BCUT2D eigenvalue weighted by atomic mass is 35.5. The zero-order chi connectivity index (χ0) is 25.6. The van der Waals surface area contributed by atoms with Crippen molar-refractivity contribution in [3.63, 3.8) is 0 Å². The molecule has 0 atom stereocenters. The summed E-state index contributed by atoms with van der Waals surface area (Å²) in [6.07, 6.45) is 0. The van der Waals surface area contributed by atoms with Crippen molar-refractivity contribution >= 4 is 29.2 Å². The lowest BCUT2D eigenvalue weighted by Crippen LogP contribution is -2.40.